The van der Waals surface area contributed by atoms with Crippen LogP contribution in [0.15, 0.2) is 42.5 Å². The van der Waals surface area contributed by atoms with Gasteiger partial charge in [-0.25, -0.2) is 4.98 Å². The van der Waals surface area contributed by atoms with Gasteiger partial charge in [0.2, 0.25) is 5.91 Å². The van der Waals surface area contributed by atoms with E-state index in [1.165, 1.54) is 5.56 Å². The van der Waals surface area contributed by atoms with Gasteiger partial charge in [-0.2, -0.15) is 0 Å². The Morgan fingerprint density at radius 1 is 1.17 bits per heavy atom. The van der Waals surface area contributed by atoms with E-state index in [0.29, 0.717) is 6.42 Å². The second kappa shape index (κ2) is 8.82. The molecule has 5 nitrogen and oxygen atoms in total. The lowest BCUT2D eigenvalue weighted by Crippen LogP contribution is -2.41. The molecule has 0 saturated carbocycles. The molecule has 1 fully saturated rings. The number of nitrogens with zero attached hydrogens (tertiary/aromatic N) is 2. The Morgan fingerprint density at radius 3 is 2.62 bits per heavy atom. The van der Waals surface area contributed by atoms with Crippen molar-refractivity contribution < 1.29 is 14.3 Å². The van der Waals surface area contributed by atoms with Crippen LogP contribution >= 0.6 is 11.3 Å². The summed E-state index contributed by atoms with van der Waals surface area (Å²) in [5.74, 6) is 1.06. The molecule has 29 heavy (non-hydrogen) atoms. The number of aryl methyl sites for hydroxylation is 2. The fourth-order valence-electron chi connectivity index (χ4n) is 3.68. The van der Waals surface area contributed by atoms with Crippen LogP contribution in [0, 0.1) is 6.92 Å². The molecule has 152 valence electrons. The first-order valence-corrected chi connectivity index (χ1v) is 10.9. The molecule has 0 aliphatic carbocycles. The lowest BCUT2D eigenvalue weighted by atomic mass is 10.1. The molecule has 1 aliphatic heterocycles. The Morgan fingerprint density at radius 2 is 1.93 bits per heavy atom. The molecule has 2 aromatic carbocycles. The van der Waals surface area contributed by atoms with Crippen LogP contribution in [0.3, 0.4) is 0 Å². The van der Waals surface area contributed by atoms with E-state index in [1.54, 1.807) is 18.4 Å². The maximum atomic E-state index is 12.6. The third-order valence-electron chi connectivity index (χ3n) is 5.45. The van der Waals surface area contributed by atoms with Crippen LogP contribution in [0.2, 0.25) is 0 Å². The minimum absolute atomic E-state index is 0.126. The summed E-state index contributed by atoms with van der Waals surface area (Å²) in [4.78, 5) is 19.2. The molecule has 4 rings (SSSR count). The van der Waals surface area contributed by atoms with E-state index in [9.17, 15) is 4.79 Å². The highest BCUT2D eigenvalue weighted by Crippen LogP contribution is 2.31. The lowest BCUT2D eigenvalue weighted by Gasteiger charge is -2.31. The van der Waals surface area contributed by atoms with Crippen LogP contribution in [0.5, 0.6) is 10.9 Å². The van der Waals surface area contributed by atoms with Crippen LogP contribution in [-0.4, -0.2) is 42.1 Å². The number of ether oxygens (including phenoxy) is 2. The number of methoxy groups -OCH3 is 1. The smallest absolute Gasteiger partial charge is 0.274 e. The molecule has 1 saturated heterocycles. The number of hydrogen-bond donors (Lipinski definition) is 0. The van der Waals surface area contributed by atoms with Gasteiger partial charge in [0, 0.05) is 32.4 Å². The van der Waals surface area contributed by atoms with Crippen molar-refractivity contribution in [2.45, 2.75) is 38.7 Å². The summed E-state index contributed by atoms with van der Waals surface area (Å²) in [5, 5.41) is 0.735. The summed E-state index contributed by atoms with van der Waals surface area (Å²) >= 11 is 1.60. The quantitative estimate of drug-likeness (QED) is 0.595. The normalized spacial score (nSPS) is 14.9. The van der Waals surface area contributed by atoms with Crippen molar-refractivity contribution in [1.82, 2.24) is 9.88 Å². The van der Waals surface area contributed by atoms with Crippen LogP contribution in [0.1, 0.15) is 30.4 Å². The third kappa shape index (κ3) is 4.70. The predicted octanol–water partition coefficient (Wildman–Crippen LogP) is 4.62. The number of rotatable bonds is 6. The van der Waals surface area contributed by atoms with Crippen LogP contribution in [-0.2, 0) is 11.2 Å². The molecule has 6 heteroatoms. The number of amides is 1. The summed E-state index contributed by atoms with van der Waals surface area (Å²) in [5.41, 5.74) is 3.35. The van der Waals surface area contributed by atoms with Gasteiger partial charge in [-0.05, 0) is 42.7 Å². The zero-order valence-corrected chi connectivity index (χ0v) is 17.7. The monoisotopic (exact) mass is 410 g/mol. The Labute approximate surface area is 175 Å². The standard InChI is InChI=1S/C23H26N2O3S/c1-16-4-3-5-20-22(16)24-23(29-20)28-19-12-14-25(15-13-19)21(26)11-8-17-6-9-18(27-2)10-7-17/h3-7,9-10,19H,8,11-15H2,1-2H3. The van der Waals surface area contributed by atoms with Crippen molar-refractivity contribution >= 4 is 27.5 Å². The van der Waals surface area contributed by atoms with Gasteiger partial charge in [0.1, 0.15) is 11.9 Å². The molecule has 0 spiro atoms. The molecule has 1 amide bonds. The number of benzene rings is 2. The highest BCUT2D eigenvalue weighted by Gasteiger charge is 2.24. The van der Waals surface area contributed by atoms with Crippen molar-refractivity contribution in [3.05, 3.63) is 53.6 Å². The summed E-state index contributed by atoms with van der Waals surface area (Å²) < 4.78 is 12.5. The highest BCUT2D eigenvalue weighted by molar-refractivity contribution is 7.20. The van der Waals surface area contributed by atoms with Gasteiger partial charge in [0.15, 0.2) is 0 Å². The van der Waals surface area contributed by atoms with Crippen molar-refractivity contribution in [2.24, 2.45) is 0 Å². The fraction of sp³-hybridized carbons (Fsp3) is 0.391. The third-order valence-corrected chi connectivity index (χ3v) is 6.36. The van der Waals surface area contributed by atoms with E-state index < -0.39 is 0 Å². The second-order valence-electron chi connectivity index (χ2n) is 7.45. The molecule has 0 atom stereocenters. The van der Waals surface area contributed by atoms with Gasteiger partial charge >= 0.3 is 0 Å². The molecule has 0 N–H and O–H groups in total. The summed E-state index contributed by atoms with van der Waals surface area (Å²) in [7, 11) is 1.66. The number of likely N-dealkylation sites (tertiary alicyclic amines) is 1. The number of aromatic nitrogens is 1. The topological polar surface area (TPSA) is 51.7 Å². The maximum absolute atomic E-state index is 12.6. The van der Waals surface area contributed by atoms with Gasteiger partial charge in [-0.3, -0.25) is 4.79 Å². The van der Waals surface area contributed by atoms with Gasteiger partial charge in [-0.15, -0.1) is 0 Å². The predicted molar refractivity (Wildman–Crippen MR) is 116 cm³/mol. The number of thiazole rings is 1. The molecular formula is C23H26N2O3S. The number of hydrogen-bond acceptors (Lipinski definition) is 5. The van der Waals surface area contributed by atoms with E-state index in [1.807, 2.05) is 29.2 Å². The zero-order chi connectivity index (χ0) is 20.2. The largest absolute Gasteiger partial charge is 0.497 e. The number of para-hydroxylation sites is 1. The second-order valence-corrected chi connectivity index (χ2v) is 8.44. The van der Waals surface area contributed by atoms with Gasteiger partial charge in [0.05, 0.1) is 17.3 Å². The molecule has 0 unspecified atom stereocenters. The lowest BCUT2D eigenvalue weighted by molar-refractivity contribution is -0.132. The van der Waals surface area contributed by atoms with Gasteiger partial charge < -0.3 is 14.4 Å². The first kappa shape index (κ1) is 19.7. The average molecular weight is 411 g/mol. The van der Waals surface area contributed by atoms with Crippen molar-refractivity contribution in [3.8, 4) is 10.9 Å². The van der Waals surface area contributed by atoms with Crippen molar-refractivity contribution in [1.29, 1.82) is 0 Å². The summed E-state index contributed by atoms with van der Waals surface area (Å²) in [6.07, 6.45) is 3.12. The Balaban J connectivity index is 1.25. The van der Waals surface area contributed by atoms with Gasteiger partial charge in [0.25, 0.3) is 5.19 Å². The SMILES string of the molecule is COc1ccc(CCC(=O)N2CCC(Oc3nc4c(C)cccc4s3)CC2)cc1. The number of carbonyl (C=O) groups excluding carboxylic acids is 1. The first-order valence-electron chi connectivity index (χ1n) is 10.1. The maximum Gasteiger partial charge on any atom is 0.274 e. The van der Waals surface area contributed by atoms with Crippen LogP contribution in [0.25, 0.3) is 10.2 Å². The zero-order valence-electron chi connectivity index (χ0n) is 16.9. The van der Waals surface area contributed by atoms with Crippen LogP contribution < -0.4 is 9.47 Å². The molecular weight excluding hydrogens is 384 g/mol. The van der Waals surface area contributed by atoms with Crippen molar-refractivity contribution in [2.75, 3.05) is 20.2 Å². The minimum Gasteiger partial charge on any atom is -0.497 e. The van der Waals surface area contributed by atoms with E-state index in [4.69, 9.17) is 9.47 Å². The van der Waals surface area contributed by atoms with E-state index >= 15 is 0 Å². The van der Waals surface area contributed by atoms with E-state index in [2.05, 4.69) is 30.1 Å². The van der Waals surface area contributed by atoms with E-state index in [-0.39, 0.29) is 12.0 Å². The molecule has 0 radical (unpaired) electrons. The Kier molecular flexibility index (Phi) is 6.00. The number of fused-ring (bicyclic) bond motifs is 1. The molecule has 2 heterocycles. The van der Waals surface area contributed by atoms with Crippen LogP contribution in [0.4, 0.5) is 0 Å². The van der Waals surface area contributed by atoms with Gasteiger partial charge in [-0.1, -0.05) is 35.6 Å². The molecule has 1 aromatic heterocycles. The first-order chi connectivity index (χ1) is 14.1. The molecule has 0 bridgehead atoms. The molecule has 3 aromatic rings. The summed E-state index contributed by atoms with van der Waals surface area (Å²) in [6.45, 7) is 3.56. The van der Waals surface area contributed by atoms with E-state index in [0.717, 1.165) is 59.1 Å². The fourth-order valence-corrected chi connectivity index (χ4v) is 4.64. The van der Waals surface area contributed by atoms with Crippen molar-refractivity contribution in [3.63, 3.8) is 0 Å². The average Bonchev–Trinajstić information content (AvgIpc) is 3.17. The summed E-state index contributed by atoms with van der Waals surface area (Å²) in [6, 6.07) is 14.1. The Hall–Kier alpha value is -2.60. The Bertz CT molecular complexity index is 975. The highest BCUT2D eigenvalue weighted by atomic mass is 32.1. The minimum atomic E-state index is 0.126. The molecule has 1 aliphatic rings. The number of piperidine rings is 1. The number of carbonyl (C=O) groups is 1.